The molecule has 0 unspecified atom stereocenters. The van der Waals surface area contributed by atoms with E-state index >= 15 is 0 Å². The van der Waals surface area contributed by atoms with Gasteiger partial charge in [-0.1, -0.05) is 11.6 Å². The summed E-state index contributed by atoms with van der Waals surface area (Å²) in [4.78, 5) is 26.0. The van der Waals surface area contributed by atoms with E-state index < -0.39 is 11.7 Å². The maximum Gasteiger partial charge on any atom is 0.253 e. The van der Waals surface area contributed by atoms with E-state index in [9.17, 15) is 14.0 Å². The first kappa shape index (κ1) is 20.9. The number of benzene rings is 2. The molecule has 0 spiro atoms. The van der Waals surface area contributed by atoms with Crippen LogP contribution in [0.4, 0.5) is 4.39 Å². The number of likely N-dealkylation sites (tertiary alicyclic amines) is 1. The molecular formula is C21H22ClFN2O4. The Morgan fingerprint density at radius 3 is 2.59 bits per heavy atom. The number of nitrogens with zero attached hydrogens (tertiary/aromatic N) is 1. The van der Waals surface area contributed by atoms with Gasteiger partial charge in [0.15, 0.2) is 11.6 Å². The summed E-state index contributed by atoms with van der Waals surface area (Å²) in [6.45, 7) is 0.702. The van der Waals surface area contributed by atoms with E-state index in [2.05, 4.69) is 0 Å². The summed E-state index contributed by atoms with van der Waals surface area (Å²) >= 11 is 5.90. The van der Waals surface area contributed by atoms with Crippen molar-refractivity contribution < 1.29 is 23.5 Å². The molecule has 6 nitrogen and oxygen atoms in total. The van der Waals surface area contributed by atoms with Crippen LogP contribution in [0.5, 0.6) is 11.5 Å². The van der Waals surface area contributed by atoms with Crippen molar-refractivity contribution in [2.75, 3.05) is 20.2 Å². The summed E-state index contributed by atoms with van der Waals surface area (Å²) < 4.78 is 24.9. The summed E-state index contributed by atoms with van der Waals surface area (Å²) in [6.07, 6.45) is 0.324. The number of rotatable bonds is 6. The van der Waals surface area contributed by atoms with Crippen molar-refractivity contribution >= 4 is 23.4 Å². The minimum absolute atomic E-state index is 0.0724. The summed E-state index contributed by atoms with van der Waals surface area (Å²) in [6, 6.07) is 11.0. The van der Waals surface area contributed by atoms with Crippen LogP contribution in [0.1, 0.15) is 23.2 Å². The molecule has 2 N–H and O–H groups in total. The Morgan fingerprint density at radius 1 is 1.24 bits per heavy atom. The molecule has 1 fully saturated rings. The topological polar surface area (TPSA) is 81.9 Å². The van der Waals surface area contributed by atoms with E-state index in [1.54, 1.807) is 29.2 Å². The molecule has 2 amide bonds. The zero-order valence-corrected chi connectivity index (χ0v) is 16.7. The van der Waals surface area contributed by atoms with Crippen LogP contribution in [0, 0.1) is 11.7 Å². The Labute approximate surface area is 173 Å². The second-order valence-corrected chi connectivity index (χ2v) is 7.37. The number of hydrogen-bond acceptors (Lipinski definition) is 4. The minimum Gasteiger partial charge on any atom is -0.494 e. The Hall–Kier alpha value is -2.80. The molecule has 2 atom stereocenters. The van der Waals surface area contributed by atoms with Gasteiger partial charge in [0.2, 0.25) is 5.91 Å². The number of hydrogen-bond donors (Lipinski definition) is 1. The predicted octanol–water partition coefficient (Wildman–Crippen LogP) is 3.27. The first-order chi connectivity index (χ1) is 13.9. The quantitative estimate of drug-likeness (QED) is 0.777. The van der Waals surface area contributed by atoms with E-state index in [-0.39, 0.29) is 42.2 Å². The van der Waals surface area contributed by atoms with Crippen molar-refractivity contribution in [3.05, 3.63) is 58.9 Å². The Balaban J connectivity index is 1.73. The van der Waals surface area contributed by atoms with Gasteiger partial charge in [-0.05, 0) is 42.5 Å². The minimum atomic E-state index is -0.604. The third-order valence-electron chi connectivity index (χ3n) is 4.91. The molecule has 1 aliphatic heterocycles. The standard InChI is InChI=1S/C21H22ClFN2O4/c1-28-19-7-2-13(10-17(19)23)21(27)25-9-8-18(14(12-25)11-20(24)26)29-16-5-3-15(22)4-6-16/h2-7,10,14,18H,8-9,11-12H2,1H3,(H2,24,26)/t14-,18-/m0/s1. The molecule has 0 bridgehead atoms. The van der Waals surface area contributed by atoms with Crippen LogP contribution in [0.15, 0.2) is 42.5 Å². The van der Waals surface area contributed by atoms with Gasteiger partial charge in [0.05, 0.1) is 7.11 Å². The molecule has 29 heavy (non-hydrogen) atoms. The zero-order valence-electron chi connectivity index (χ0n) is 15.9. The smallest absolute Gasteiger partial charge is 0.253 e. The first-order valence-corrected chi connectivity index (χ1v) is 9.58. The molecular weight excluding hydrogens is 399 g/mol. The van der Waals surface area contributed by atoms with Crippen molar-refractivity contribution in [2.24, 2.45) is 11.7 Å². The SMILES string of the molecule is COc1ccc(C(=O)N2CC[C@H](Oc3ccc(Cl)cc3)[C@@H](CC(N)=O)C2)cc1F. The highest BCUT2D eigenvalue weighted by atomic mass is 35.5. The van der Waals surface area contributed by atoms with Gasteiger partial charge in [-0.25, -0.2) is 4.39 Å². The Kier molecular flexibility index (Phi) is 6.59. The molecule has 0 aliphatic carbocycles. The number of primary amides is 1. The molecule has 1 aliphatic rings. The number of halogens is 2. The van der Waals surface area contributed by atoms with Gasteiger partial charge >= 0.3 is 0 Å². The number of piperidine rings is 1. The molecule has 3 rings (SSSR count). The number of amides is 2. The second-order valence-electron chi connectivity index (χ2n) is 6.93. The molecule has 8 heteroatoms. The highest BCUT2D eigenvalue weighted by Gasteiger charge is 2.34. The normalized spacial score (nSPS) is 18.9. The van der Waals surface area contributed by atoms with Gasteiger partial charge in [-0.2, -0.15) is 0 Å². The maximum absolute atomic E-state index is 14.0. The zero-order chi connectivity index (χ0) is 21.0. The lowest BCUT2D eigenvalue weighted by atomic mass is 9.90. The van der Waals surface area contributed by atoms with Crippen LogP contribution in [0.25, 0.3) is 0 Å². The third kappa shape index (κ3) is 5.17. The van der Waals surface area contributed by atoms with Gasteiger partial charge in [0.25, 0.3) is 5.91 Å². The monoisotopic (exact) mass is 420 g/mol. The van der Waals surface area contributed by atoms with E-state index in [0.717, 1.165) is 6.07 Å². The Morgan fingerprint density at radius 2 is 1.97 bits per heavy atom. The van der Waals surface area contributed by atoms with Crippen molar-refractivity contribution in [3.63, 3.8) is 0 Å². The molecule has 2 aromatic carbocycles. The lowest BCUT2D eigenvalue weighted by Crippen LogP contribution is -2.49. The highest BCUT2D eigenvalue weighted by Crippen LogP contribution is 2.28. The fourth-order valence-corrected chi connectivity index (χ4v) is 3.60. The number of methoxy groups -OCH3 is 1. The van der Waals surface area contributed by atoms with Crippen LogP contribution in [0.3, 0.4) is 0 Å². The summed E-state index contributed by atoms with van der Waals surface area (Å²) in [5.41, 5.74) is 5.62. The fourth-order valence-electron chi connectivity index (χ4n) is 3.47. The molecule has 2 aromatic rings. The first-order valence-electron chi connectivity index (χ1n) is 9.20. The average Bonchev–Trinajstić information content (AvgIpc) is 2.70. The van der Waals surface area contributed by atoms with Gasteiger partial charge in [0, 0.05) is 42.4 Å². The number of carbonyl (C=O) groups excluding carboxylic acids is 2. The van der Waals surface area contributed by atoms with Crippen molar-refractivity contribution in [1.82, 2.24) is 4.90 Å². The van der Waals surface area contributed by atoms with E-state index in [0.29, 0.717) is 23.7 Å². The molecule has 0 radical (unpaired) electrons. The fraction of sp³-hybridized carbons (Fsp3) is 0.333. The highest BCUT2D eigenvalue weighted by molar-refractivity contribution is 6.30. The summed E-state index contributed by atoms with van der Waals surface area (Å²) in [7, 11) is 1.36. The lowest BCUT2D eigenvalue weighted by molar-refractivity contribution is -0.120. The third-order valence-corrected chi connectivity index (χ3v) is 5.17. The van der Waals surface area contributed by atoms with Gasteiger partial charge in [-0.3, -0.25) is 9.59 Å². The van der Waals surface area contributed by atoms with E-state index in [1.807, 2.05) is 0 Å². The van der Waals surface area contributed by atoms with Crippen LogP contribution in [-0.2, 0) is 4.79 Å². The number of ether oxygens (including phenoxy) is 2. The maximum atomic E-state index is 14.0. The number of carbonyl (C=O) groups is 2. The van der Waals surface area contributed by atoms with Gasteiger partial charge in [0.1, 0.15) is 11.9 Å². The molecule has 0 aromatic heterocycles. The van der Waals surface area contributed by atoms with Crippen LogP contribution < -0.4 is 15.2 Å². The second kappa shape index (κ2) is 9.13. The Bertz CT molecular complexity index is 891. The van der Waals surface area contributed by atoms with Crippen LogP contribution in [-0.4, -0.2) is 43.0 Å². The predicted molar refractivity (Wildman–Crippen MR) is 107 cm³/mol. The van der Waals surface area contributed by atoms with Gasteiger partial charge in [-0.15, -0.1) is 0 Å². The van der Waals surface area contributed by atoms with Crippen LogP contribution >= 0.6 is 11.6 Å². The van der Waals surface area contributed by atoms with E-state index in [4.69, 9.17) is 26.8 Å². The van der Waals surface area contributed by atoms with Crippen molar-refractivity contribution in [3.8, 4) is 11.5 Å². The van der Waals surface area contributed by atoms with Gasteiger partial charge < -0.3 is 20.1 Å². The summed E-state index contributed by atoms with van der Waals surface area (Å²) in [5.74, 6) is -0.957. The van der Waals surface area contributed by atoms with Crippen molar-refractivity contribution in [1.29, 1.82) is 0 Å². The van der Waals surface area contributed by atoms with E-state index in [1.165, 1.54) is 19.2 Å². The average molecular weight is 421 g/mol. The number of nitrogens with two attached hydrogens (primary N) is 1. The molecule has 1 saturated heterocycles. The summed E-state index contributed by atoms with van der Waals surface area (Å²) in [5, 5.41) is 0.596. The largest absolute Gasteiger partial charge is 0.494 e. The molecule has 1 heterocycles. The molecule has 0 saturated carbocycles. The molecule has 154 valence electrons. The van der Waals surface area contributed by atoms with Crippen molar-refractivity contribution in [2.45, 2.75) is 18.9 Å². The lowest BCUT2D eigenvalue weighted by Gasteiger charge is -2.38. The van der Waals surface area contributed by atoms with Crippen LogP contribution in [0.2, 0.25) is 5.02 Å².